The minimum atomic E-state index is -4.97. The summed E-state index contributed by atoms with van der Waals surface area (Å²) in [6.45, 7) is 4.76. The van der Waals surface area contributed by atoms with Gasteiger partial charge in [0.2, 0.25) is 0 Å². The van der Waals surface area contributed by atoms with Crippen LogP contribution in [0.15, 0.2) is 48.6 Å². The normalized spacial score (nSPS) is 14.3. The largest absolute Gasteiger partial charge is 0.472 e. The van der Waals surface area contributed by atoms with Crippen molar-refractivity contribution in [2.45, 2.75) is 354 Å². The Bertz CT molecular complexity index is 1940. The van der Waals surface area contributed by atoms with Crippen LogP contribution in [0.25, 0.3) is 0 Å². The van der Waals surface area contributed by atoms with Crippen LogP contribution in [-0.2, 0) is 65.4 Å². The molecule has 0 spiro atoms. The Morgan fingerprint density at radius 3 is 0.880 bits per heavy atom. The topological polar surface area (TPSA) is 237 Å². The van der Waals surface area contributed by atoms with Crippen LogP contribution >= 0.6 is 15.6 Å². The van der Waals surface area contributed by atoms with Crippen LogP contribution in [0.3, 0.4) is 0 Å². The van der Waals surface area contributed by atoms with E-state index in [1.54, 1.807) is 0 Å². The highest BCUT2D eigenvalue weighted by Gasteiger charge is 2.30. The molecule has 19 heteroatoms. The van der Waals surface area contributed by atoms with E-state index in [1.165, 1.54) is 122 Å². The molecule has 0 aliphatic rings. The van der Waals surface area contributed by atoms with Crippen molar-refractivity contribution in [1.82, 2.24) is 0 Å². The van der Waals surface area contributed by atoms with Gasteiger partial charge in [0.05, 0.1) is 26.4 Å². The fourth-order valence-electron chi connectivity index (χ4n) is 10.2. The van der Waals surface area contributed by atoms with Gasteiger partial charge in [-0.1, -0.05) is 275 Å². The summed E-state index contributed by atoms with van der Waals surface area (Å²) >= 11 is 0. The number of unbranched alkanes of at least 4 members (excludes halogenated alkanes) is 36. The third kappa shape index (κ3) is 65.7. The molecule has 538 valence electrons. The lowest BCUT2D eigenvalue weighted by atomic mass is 10.1. The quantitative estimate of drug-likeness (QED) is 0.0169. The maximum Gasteiger partial charge on any atom is 0.472 e. The summed E-state index contributed by atoms with van der Waals surface area (Å²) in [7, 11) is -9.92. The molecule has 0 saturated heterocycles. The highest BCUT2D eigenvalue weighted by Crippen LogP contribution is 2.45. The molecule has 0 aromatic rings. The molecule has 0 saturated carbocycles. The molecule has 5 unspecified atom stereocenters. The summed E-state index contributed by atoms with van der Waals surface area (Å²) in [5.41, 5.74) is 0. The van der Waals surface area contributed by atoms with E-state index in [4.69, 9.17) is 37.0 Å². The van der Waals surface area contributed by atoms with Gasteiger partial charge in [-0.25, -0.2) is 9.13 Å². The number of hydrogen-bond acceptors (Lipinski definition) is 15. The van der Waals surface area contributed by atoms with Crippen molar-refractivity contribution >= 4 is 39.5 Å². The number of ether oxygens (including phenoxy) is 4. The summed E-state index contributed by atoms with van der Waals surface area (Å²) in [4.78, 5) is 72.6. The average Bonchev–Trinajstić information content (AvgIpc) is 2.93. The predicted octanol–water partition coefficient (Wildman–Crippen LogP) is 20.6. The van der Waals surface area contributed by atoms with E-state index in [-0.39, 0.29) is 25.7 Å². The van der Waals surface area contributed by atoms with Crippen molar-refractivity contribution < 1.29 is 80.2 Å². The highest BCUT2D eigenvalue weighted by molar-refractivity contribution is 7.47. The number of aliphatic hydroxyl groups excluding tert-OH is 1. The first-order valence-corrected chi connectivity index (χ1v) is 39.9. The van der Waals surface area contributed by atoms with Crippen LogP contribution in [0, 0.1) is 0 Å². The standard InChI is InChI=1S/C73H134O17P2/c1-5-9-13-17-21-25-29-31-33-35-39-42-46-50-54-58-71(76)84-64-69(90-73(78)60-56-52-48-44-40-36-34-32-30-26-22-18-14-10-6-2)66-88-92(81,82)86-62-67(74)61-85-91(79,80)87-65-68(89-72(77)59-55-51-47-43-38-28-24-20-16-12-8-4)63-83-70(75)57-53-49-45-41-37-27-23-19-15-11-7-3/h9,13,21,25,31-34,67-69,74H,5-8,10-12,14-20,22-24,26-30,35-66H2,1-4H3,(H,79,80)(H,81,82)/b13-9-,25-21-,33-31-,34-32-. The molecule has 92 heavy (non-hydrogen) atoms. The summed E-state index contributed by atoms with van der Waals surface area (Å²) in [6.07, 6.45) is 61.1. The van der Waals surface area contributed by atoms with E-state index in [0.717, 1.165) is 135 Å². The van der Waals surface area contributed by atoms with Gasteiger partial charge in [0.25, 0.3) is 0 Å². The van der Waals surface area contributed by atoms with Gasteiger partial charge >= 0.3 is 39.5 Å². The second-order valence-electron chi connectivity index (χ2n) is 24.9. The Kier molecular flexibility index (Phi) is 64.5. The molecule has 0 fully saturated rings. The highest BCUT2D eigenvalue weighted by atomic mass is 31.2. The fraction of sp³-hybridized carbons (Fsp3) is 0.836. The summed E-state index contributed by atoms with van der Waals surface area (Å²) in [6, 6.07) is 0. The molecule has 0 heterocycles. The Morgan fingerprint density at radius 2 is 0.565 bits per heavy atom. The lowest BCUT2D eigenvalue weighted by molar-refractivity contribution is -0.161. The first-order valence-electron chi connectivity index (χ1n) is 36.9. The van der Waals surface area contributed by atoms with E-state index in [2.05, 4.69) is 76.3 Å². The van der Waals surface area contributed by atoms with E-state index in [9.17, 15) is 43.2 Å². The molecule has 5 atom stereocenters. The Morgan fingerprint density at radius 1 is 0.315 bits per heavy atom. The lowest BCUT2D eigenvalue weighted by Gasteiger charge is -2.21. The molecular formula is C73H134O17P2. The van der Waals surface area contributed by atoms with Crippen molar-refractivity contribution in [1.29, 1.82) is 0 Å². The van der Waals surface area contributed by atoms with Crippen molar-refractivity contribution in [3.05, 3.63) is 48.6 Å². The SMILES string of the molecule is CC/C=C\C/C=C\C/C=C\CCCCCCCC(=O)OCC(COP(=O)(O)OCC(O)COP(=O)(O)OCC(COC(=O)CCCCCCCCCCCCC)OC(=O)CCCCCCCCCCCCC)OC(=O)CCCCCCC/C=C\CCCCCCCC. The zero-order chi connectivity index (χ0) is 67.5. The molecule has 0 rings (SSSR count). The number of hydrogen-bond donors (Lipinski definition) is 3. The number of phosphoric ester groups is 2. The van der Waals surface area contributed by atoms with Crippen LogP contribution in [0.1, 0.15) is 336 Å². The molecule has 0 radical (unpaired) electrons. The van der Waals surface area contributed by atoms with Crippen molar-refractivity contribution in [2.75, 3.05) is 39.6 Å². The second-order valence-corrected chi connectivity index (χ2v) is 27.8. The van der Waals surface area contributed by atoms with E-state index >= 15 is 0 Å². The molecule has 0 aromatic heterocycles. The average molecular weight is 1350 g/mol. The van der Waals surface area contributed by atoms with E-state index in [1.807, 2.05) is 0 Å². The van der Waals surface area contributed by atoms with Crippen LogP contribution < -0.4 is 0 Å². The molecular weight excluding hydrogens is 1210 g/mol. The first kappa shape index (κ1) is 89.0. The smallest absolute Gasteiger partial charge is 0.462 e. The number of allylic oxidation sites excluding steroid dienone is 8. The van der Waals surface area contributed by atoms with E-state index in [0.29, 0.717) is 25.7 Å². The van der Waals surface area contributed by atoms with Crippen LogP contribution in [-0.4, -0.2) is 96.7 Å². The number of aliphatic hydroxyl groups is 1. The first-order chi connectivity index (χ1) is 44.7. The fourth-order valence-corrected chi connectivity index (χ4v) is 11.8. The minimum absolute atomic E-state index is 0.0858. The number of carbonyl (C=O) groups excluding carboxylic acids is 4. The monoisotopic (exact) mass is 1340 g/mol. The maximum absolute atomic E-state index is 13.0. The van der Waals surface area contributed by atoms with Crippen LogP contribution in [0.5, 0.6) is 0 Å². The number of phosphoric acid groups is 2. The van der Waals surface area contributed by atoms with Gasteiger partial charge in [-0.15, -0.1) is 0 Å². The van der Waals surface area contributed by atoms with Gasteiger partial charge in [-0.05, 0) is 83.5 Å². The van der Waals surface area contributed by atoms with Gasteiger partial charge in [0.1, 0.15) is 19.3 Å². The zero-order valence-electron chi connectivity index (χ0n) is 58.5. The Hall–Kier alpha value is -2.98. The molecule has 0 aliphatic heterocycles. The predicted molar refractivity (Wildman–Crippen MR) is 372 cm³/mol. The van der Waals surface area contributed by atoms with Crippen molar-refractivity contribution in [2.24, 2.45) is 0 Å². The molecule has 0 aromatic carbocycles. The van der Waals surface area contributed by atoms with Gasteiger partial charge in [0, 0.05) is 25.7 Å². The molecule has 3 N–H and O–H groups in total. The van der Waals surface area contributed by atoms with Gasteiger partial charge in [-0.3, -0.25) is 37.3 Å². The number of rotatable bonds is 70. The molecule has 0 amide bonds. The second kappa shape index (κ2) is 66.6. The minimum Gasteiger partial charge on any atom is -0.462 e. The third-order valence-corrected chi connectivity index (χ3v) is 17.7. The zero-order valence-corrected chi connectivity index (χ0v) is 60.3. The van der Waals surface area contributed by atoms with Crippen LogP contribution in [0.4, 0.5) is 0 Å². The van der Waals surface area contributed by atoms with Crippen molar-refractivity contribution in [3.63, 3.8) is 0 Å². The Balaban J connectivity index is 5.30. The van der Waals surface area contributed by atoms with Gasteiger partial charge < -0.3 is 33.8 Å². The van der Waals surface area contributed by atoms with Crippen LogP contribution in [0.2, 0.25) is 0 Å². The molecule has 0 bridgehead atoms. The molecule has 17 nitrogen and oxygen atoms in total. The summed E-state index contributed by atoms with van der Waals surface area (Å²) < 4.78 is 68.3. The number of esters is 4. The van der Waals surface area contributed by atoms with Gasteiger partial charge in [-0.2, -0.15) is 0 Å². The van der Waals surface area contributed by atoms with Crippen molar-refractivity contribution in [3.8, 4) is 0 Å². The van der Waals surface area contributed by atoms with Gasteiger partial charge in [0.15, 0.2) is 12.2 Å². The third-order valence-electron chi connectivity index (χ3n) is 15.8. The molecule has 0 aliphatic carbocycles. The lowest BCUT2D eigenvalue weighted by Crippen LogP contribution is -2.30. The summed E-state index contributed by atoms with van der Waals surface area (Å²) in [5, 5.41) is 10.6. The van der Waals surface area contributed by atoms with E-state index < -0.39 is 97.5 Å². The maximum atomic E-state index is 13.0. The number of carbonyl (C=O) groups is 4. The Labute approximate surface area is 559 Å². The summed E-state index contributed by atoms with van der Waals surface area (Å²) in [5.74, 6) is -2.17.